The lowest BCUT2D eigenvalue weighted by Crippen LogP contribution is -2.61. The number of nitrogens with one attached hydrogen (secondary N) is 2. The first-order valence-corrected chi connectivity index (χ1v) is 14.2. The molecule has 8 nitrogen and oxygen atoms in total. The van der Waals surface area contributed by atoms with Crippen LogP contribution in [-0.2, 0) is 15.1 Å². The number of para-hydroxylation sites is 1. The second-order valence-corrected chi connectivity index (χ2v) is 11.9. The van der Waals surface area contributed by atoms with E-state index in [-0.39, 0.29) is 30.7 Å². The van der Waals surface area contributed by atoms with Gasteiger partial charge < -0.3 is 32.6 Å². The number of Topliss-reactive ketones (excluding diaryl/α,β-unsaturated/α-hetero) is 1. The van der Waals surface area contributed by atoms with Gasteiger partial charge in [-0.1, -0.05) is 30.3 Å². The molecule has 2 aliphatic heterocycles. The summed E-state index contributed by atoms with van der Waals surface area (Å²) < 4.78 is 19.9. The minimum Gasteiger partial charge on any atom is -0.457 e. The minimum absolute atomic E-state index is 0.237. The Bertz CT molecular complexity index is 1490. The fraction of sp³-hybridized carbons (Fsp3) is 0.333. The molecular weight excluding hydrogens is 529 g/mol. The molecule has 4 unspecified atom stereocenters. The summed E-state index contributed by atoms with van der Waals surface area (Å²) in [7, 11) is 0. The van der Waals surface area contributed by atoms with E-state index in [4.69, 9.17) is 21.9 Å². The molecule has 0 bridgehead atoms. The van der Waals surface area contributed by atoms with Gasteiger partial charge in [0.2, 0.25) is 5.91 Å². The lowest BCUT2D eigenvalue weighted by Gasteiger charge is -2.42. The van der Waals surface area contributed by atoms with E-state index in [0.29, 0.717) is 39.8 Å². The molecule has 40 heavy (non-hydrogen) atoms. The van der Waals surface area contributed by atoms with E-state index in [1.165, 1.54) is 11.8 Å². The predicted molar refractivity (Wildman–Crippen MR) is 153 cm³/mol. The van der Waals surface area contributed by atoms with Crippen LogP contribution in [0, 0.1) is 6.92 Å². The van der Waals surface area contributed by atoms with Crippen molar-refractivity contribution in [1.29, 1.82) is 0 Å². The molecule has 2 heterocycles. The smallest absolute Gasteiger partial charge is 0.234 e. The van der Waals surface area contributed by atoms with Crippen LogP contribution in [0.15, 0.2) is 65.6 Å². The van der Waals surface area contributed by atoms with Crippen LogP contribution >= 0.6 is 11.8 Å². The number of benzene rings is 3. The van der Waals surface area contributed by atoms with Gasteiger partial charge in [0.15, 0.2) is 5.78 Å². The molecule has 208 valence electrons. The van der Waals surface area contributed by atoms with Crippen molar-refractivity contribution in [3.63, 3.8) is 0 Å². The van der Waals surface area contributed by atoms with Crippen LogP contribution in [0.2, 0.25) is 0 Å². The number of piperidine rings is 1. The number of carbonyl (C=O) groups excluding carboxylic acids is 2. The summed E-state index contributed by atoms with van der Waals surface area (Å²) in [5.74, 6) is 0.0395. The third-order valence-corrected chi connectivity index (χ3v) is 9.59. The number of hydrogen-bond acceptors (Lipinski definition) is 8. The van der Waals surface area contributed by atoms with Gasteiger partial charge >= 0.3 is 0 Å². The van der Waals surface area contributed by atoms with Crippen LogP contribution in [0.3, 0.4) is 0 Å². The maximum atomic E-state index is 14.1. The van der Waals surface area contributed by atoms with Gasteiger partial charge in [0.25, 0.3) is 0 Å². The molecule has 1 fully saturated rings. The van der Waals surface area contributed by atoms with E-state index in [9.17, 15) is 14.0 Å². The number of aryl methyl sites for hydroxylation is 1. The highest BCUT2D eigenvalue weighted by atomic mass is 32.2. The summed E-state index contributed by atoms with van der Waals surface area (Å²) in [6.07, 6.45) is -0.791. The summed E-state index contributed by atoms with van der Waals surface area (Å²) in [4.78, 5) is 28.3. The molecule has 1 amide bonds. The minimum atomic E-state index is -1.54. The van der Waals surface area contributed by atoms with Crippen molar-refractivity contribution in [2.24, 2.45) is 11.5 Å². The molecule has 0 aromatic heterocycles. The average molecular weight is 562 g/mol. The van der Waals surface area contributed by atoms with Crippen molar-refractivity contribution in [1.82, 2.24) is 10.6 Å². The first-order valence-electron chi connectivity index (χ1n) is 13.4. The molecule has 3 aromatic carbocycles. The second-order valence-electron chi connectivity index (χ2n) is 10.8. The van der Waals surface area contributed by atoms with Crippen LogP contribution in [0.25, 0.3) is 0 Å². The van der Waals surface area contributed by atoms with Gasteiger partial charge in [0.05, 0.1) is 11.3 Å². The number of nitrogens with two attached hydrogens (primary N) is 3. The standard InChI is InChI=1S/C30H32FN5O3S/c1-15-11-19(39-18-5-3-2-4-6-18)7-8-20(15)30(34)21-9-10-22(32)26-23(21)24(25(33)28(30)37)27(40-26)29(38)36-17-12-16(31)13-35-14-17/h2-11,16-17,24-25,27,35H,12-14,32-34H2,1H3,(H,36,38)/t16-,17-,24?,25?,27?,30?/m1/s1. The Morgan fingerprint density at radius 2 is 1.85 bits per heavy atom. The molecule has 1 aliphatic carbocycles. The summed E-state index contributed by atoms with van der Waals surface area (Å²) >= 11 is 1.30. The van der Waals surface area contributed by atoms with E-state index in [1.807, 2.05) is 43.3 Å². The van der Waals surface area contributed by atoms with Crippen LogP contribution in [0.4, 0.5) is 10.1 Å². The van der Waals surface area contributed by atoms with Crippen molar-refractivity contribution in [3.05, 3.63) is 82.9 Å². The monoisotopic (exact) mass is 561 g/mol. The number of anilines is 1. The Kier molecular flexibility index (Phi) is 6.82. The highest BCUT2D eigenvalue weighted by Gasteiger charge is 2.57. The van der Waals surface area contributed by atoms with E-state index >= 15 is 0 Å². The summed E-state index contributed by atoms with van der Waals surface area (Å²) in [6, 6.07) is 17.0. The lowest BCUT2D eigenvalue weighted by atomic mass is 9.64. The van der Waals surface area contributed by atoms with Crippen LogP contribution < -0.4 is 32.6 Å². The molecule has 8 N–H and O–H groups in total. The first kappa shape index (κ1) is 26.8. The van der Waals surface area contributed by atoms with E-state index in [1.54, 1.807) is 24.3 Å². The second kappa shape index (κ2) is 10.2. The molecule has 0 spiro atoms. The van der Waals surface area contributed by atoms with Crippen LogP contribution in [-0.4, -0.2) is 48.3 Å². The predicted octanol–water partition coefficient (Wildman–Crippen LogP) is 2.86. The molecule has 10 heteroatoms. The quantitative estimate of drug-likeness (QED) is 0.299. The summed E-state index contributed by atoms with van der Waals surface area (Å²) in [6.45, 7) is 2.63. The van der Waals surface area contributed by atoms with Gasteiger partial charge in [-0.25, -0.2) is 4.39 Å². The maximum Gasteiger partial charge on any atom is 0.234 e. The topological polar surface area (TPSA) is 145 Å². The van der Waals surface area contributed by atoms with Crippen molar-refractivity contribution in [2.45, 2.75) is 53.2 Å². The Labute approximate surface area is 236 Å². The largest absolute Gasteiger partial charge is 0.457 e. The first-order chi connectivity index (χ1) is 19.2. The number of amides is 1. The number of hydrogen-bond donors (Lipinski definition) is 5. The molecular formula is C30H32FN5O3S. The molecule has 0 radical (unpaired) electrons. The normalized spacial score (nSPS) is 29.1. The summed E-state index contributed by atoms with van der Waals surface area (Å²) in [5, 5.41) is 5.27. The zero-order chi connectivity index (χ0) is 28.2. The van der Waals surface area contributed by atoms with E-state index in [2.05, 4.69) is 10.6 Å². The number of carbonyl (C=O) groups is 2. The van der Waals surface area contributed by atoms with Gasteiger partial charge in [0.1, 0.15) is 23.2 Å². The Morgan fingerprint density at radius 3 is 2.58 bits per heavy atom. The maximum absolute atomic E-state index is 14.1. The third kappa shape index (κ3) is 4.35. The van der Waals surface area contributed by atoms with Gasteiger partial charge in [-0.3, -0.25) is 9.59 Å². The number of halogens is 1. The number of rotatable bonds is 5. The van der Waals surface area contributed by atoms with Gasteiger partial charge in [0, 0.05) is 42.1 Å². The number of thioether (sulfide) groups is 1. The summed E-state index contributed by atoms with van der Waals surface area (Å²) in [5.41, 5.74) is 21.8. The van der Waals surface area contributed by atoms with Crippen molar-refractivity contribution in [3.8, 4) is 11.5 Å². The molecule has 1 saturated heterocycles. The third-order valence-electron chi connectivity index (χ3n) is 8.14. The van der Waals surface area contributed by atoms with Gasteiger partial charge in [-0.2, -0.15) is 0 Å². The Balaban J connectivity index is 1.36. The number of ether oxygens (including phenoxy) is 1. The van der Waals surface area contributed by atoms with Gasteiger partial charge in [-0.05, 0) is 59.5 Å². The number of nitrogen functional groups attached to an aromatic ring is 1. The highest BCUT2D eigenvalue weighted by molar-refractivity contribution is 8.01. The number of alkyl halides is 1. The average Bonchev–Trinajstić information content (AvgIpc) is 3.34. The number of ketones is 1. The molecule has 6 atom stereocenters. The Morgan fingerprint density at radius 1 is 1.10 bits per heavy atom. The van der Waals surface area contributed by atoms with Crippen molar-refractivity contribution < 1.29 is 18.7 Å². The Hall–Kier alpha value is -3.44. The van der Waals surface area contributed by atoms with Crippen molar-refractivity contribution in [2.75, 3.05) is 18.8 Å². The van der Waals surface area contributed by atoms with Crippen LogP contribution in [0.5, 0.6) is 11.5 Å². The van der Waals surface area contributed by atoms with Crippen LogP contribution in [0.1, 0.15) is 34.6 Å². The van der Waals surface area contributed by atoms with Crippen molar-refractivity contribution >= 4 is 29.1 Å². The molecule has 3 aromatic rings. The molecule has 3 aliphatic rings. The zero-order valence-corrected chi connectivity index (χ0v) is 22.8. The fourth-order valence-corrected chi connectivity index (χ4v) is 7.70. The zero-order valence-electron chi connectivity index (χ0n) is 22.0. The fourth-order valence-electron chi connectivity index (χ4n) is 6.24. The molecule has 6 rings (SSSR count). The lowest BCUT2D eigenvalue weighted by molar-refractivity contribution is -0.126. The van der Waals surface area contributed by atoms with Gasteiger partial charge in [-0.15, -0.1) is 11.8 Å². The SMILES string of the molecule is Cc1cc(Oc2ccccc2)ccc1C1(N)C(=O)C(N)C2c3c1ccc(N)c3SC2C(=O)N[C@H]1CNC[C@H](F)C1. The van der Waals surface area contributed by atoms with E-state index in [0.717, 1.165) is 11.1 Å². The van der Waals surface area contributed by atoms with E-state index < -0.39 is 28.9 Å². The highest BCUT2D eigenvalue weighted by Crippen LogP contribution is 2.56. The molecule has 0 saturated carbocycles.